The van der Waals surface area contributed by atoms with Crippen molar-refractivity contribution in [3.8, 4) is 5.75 Å². The number of aliphatic hydroxyl groups excluding tert-OH is 1. The number of hydrogen-bond acceptors (Lipinski definition) is 3. The normalized spacial score (nSPS) is 16.3. The van der Waals surface area contributed by atoms with Gasteiger partial charge in [-0.25, -0.2) is 0 Å². The molecule has 2 N–H and O–H groups in total. The lowest BCUT2D eigenvalue weighted by molar-refractivity contribution is -0.118. The summed E-state index contributed by atoms with van der Waals surface area (Å²) in [5, 5.41) is 12.8. The molecule has 21 heavy (non-hydrogen) atoms. The molecule has 0 spiro atoms. The largest absolute Gasteiger partial charge is 0.488 e. The van der Waals surface area contributed by atoms with Gasteiger partial charge in [0.15, 0.2) is 0 Å². The fraction of sp³-hybridized carbons (Fsp3) is 0.438. The minimum absolute atomic E-state index is 0.141. The number of ether oxygens (including phenoxy) is 1. The van der Waals surface area contributed by atoms with Crippen LogP contribution in [0.5, 0.6) is 5.75 Å². The van der Waals surface area contributed by atoms with Crippen LogP contribution in [0.3, 0.4) is 0 Å². The van der Waals surface area contributed by atoms with Crippen molar-refractivity contribution >= 4 is 23.6 Å². The maximum absolute atomic E-state index is 12.1. The number of rotatable bonds is 5. The van der Waals surface area contributed by atoms with Crippen LogP contribution in [-0.2, 0) is 4.79 Å². The lowest BCUT2D eigenvalue weighted by Crippen LogP contribution is -2.32. The zero-order chi connectivity index (χ0) is 15.4. The molecule has 0 radical (unpaired) electrons. The quantitative estimate of drug-likeness (QED) is 0.879. The van der Waals surface area contributed by atoms with Crippen LogP contribution in [0.4, 0.5) is 0 Å². The highest BCUT2D eigenvalue weighted by Gasteiger charge is 2.18. The molecule has 1 aliphatic rings. The van der Waals surface area contributed by atoms with E-state index >= 15 is 0 Å². The van der Waals surface area contributed by atoms with E-state index < -0.39 is 0 Å². The average Bonchev–Trinajstić information content (AvgIpc) is 2.43. The first-order valence-corrected chi connectivity index (χ1v) is 7.42. The molecule has 0 aliphatic carbocycles. The van der Waals surface area contributed by atoms with Gasteiger partial charge >= 0.3 is 0 Å². The Balaban J connectivity index is 1.97. The first-order valence-electron chi connectivity index (χ1n) is 7.05. The monoisotopic (exact) mass is 309 g/mol. The lowest BCUT2D eigenvalue weighted by Gasteiger charge is -2.19. The summed E-state index contributed by atoms with van der Waals surface area (Å²) in [7, 11) is 0. The molecule has 0 fully saturated rings. The van der Waals surface area contributed by atoms with Gasteiger partial charge in [-0.2, -0.15) is 0 Å². The van der Waals surface area contributed by atoms with E-state index in [0.29, 0.717) is 23.6 Å². The van der Waals surface area contributed by atoms with Crippen LogP contribution >= 0.6 is 11.6 Å². The second-order valence-corrected chi connectivity index (χ2v) is 5.98. The van der Waals surface area contributed by atoms with Gasteiger partial charge in [0, 0.05) is 17.1 Å². The van der Waals surface area contributed by atoms with E-state index in [1.807, 2.05) is 6.92 Å². The van der Waals surface area contributed by atoms with Crippen molar-refractivity contribution in [2.45, 2.75) is 26.4 Å². The maximum atomic E-state index is 12.1. The Morgan fingerprint density at radius 3 is 2.95 bits per heavy atom. The van der Waals surface area contributed by atoms with Gasteiger partial charge in [0.25, 0.3) is 5.91 Å². The Bertz CT molecular complexity index is 554. The molecule has 4 nitrogen and oxygen atoms in total. The first-order chi connectivity index (χ1) is 9.95. The van der Waals surface area contributed by atoms with Gasteiger partial charge in [0.2, 0.25) is 0 Å². The number of halogens is 1. The smallest absolute Gasteiger partial charge is 0.250 e. The fourth-order valence-electron chi connectivity index (χ4n) is 2.33. The summed E-state index contributed by atoms with van der Waals surface area (Å²) in [6.45, 7) is 4.53. The number of carbonyl (C=O) groups excluding carboxylic acids is 1. The third-order valence-electron chi connectivity index (χ3n) is 3.33. The van der Waals surface area contributed by atoms with Crippen molar-refractivity contribution in [3.05, 3.63) is 34.4 Å². The highest BCUT2D eigenvalue weighted by molar-refractivity contribution is 6.30. The first kappa shape index (κ1) is 15.9. The molecule has 0 saturated heterocycles. The van der Waals surface area contributed by atoms with Crippen molar-refractivity contribution in [1.29, 1.82) is 0 Å². The van der Waals surface area contributed by atoms with Crippen molar-refractivity contribution in [2.75, 3.05) is 13.2 Å². The highest BCUT2D eigenvalue weighted by Crippen LogP contribution is 2.28. The van der Waals surface area contributed by atoms with E-state index in [4.69, 9.17) is 16.3 Å². The van der Waals surface area contributed by atoms with E-state index in [2.05, 4.69) is 5.32 Å². The van der Waals surface area contributed by atoms with Gasteiger partial charge in [0.05, 0.1) is 11.7 Å². The van der Waals surface area contributed by atoms with Crippen LogP contribution in [0.2, 0.25) is 5.02 Å². The number of benzene rings is 1. The SMILES string of the molecule is CC(O)CC(C)CNC(=O)C1=Cc2cc(Cl)ccc2OC1. The number of amides is 1. The Hall–Kier alpha value is -1.52. The summed E-state index contributed by atoms with van der Waals surface area (Å²) in [6.07, 6.45) is 2.11. The van der Waals surface area contributed by atoms with Crippen molar-refractivity contribution in [1.82, 2.24) is 5.32 Å². The van der Waals surface area contributed by atoms with E-state index in [1.54, 1.807) is 31.2 Å². The Kier molecular flexibility index (Phi) is 5.26. The highest BCUT2D eigenvalue weighted by atomic mass is 35.5. The van der Waals surface area contributed by atoms with Crippen LogP contribution in [0.1, 0.15) is 25.8 Å². The number of hydrogen-bond donors (Lipinski definition) is 2. The molecule has 1 heterocycles. The molecule has 0 bridgehead atoms. The minimum atomic E-state index is -0.358. The number of nitrogens with one attached hydrogen (secondary N) is 1. The third kappa shape index (κ3) is 4.48. The minimum Gasteiger partial charge on any atom is -0.488 e. The Morgan fingerprint density at radius 2 is 2.24 bits per heavy atom. The summed E-state index contributed by atoms with van der Waals surface area (Å²) >= 11 is 5.95. The predicted octanol–water partition coefficient (Wildman–Crippen LogP) is 2.64. The van der Waals surface area contributed by atoms with Gasteiger partial charge in [-0.15, -0.1) is 0 Å². The standard InChI is InChI=1S/C16H20ClNO3/c1-10(5-11(2)19)8-18-16(20)13-6-12-7-14(17)3-4-15(12)21-9-13/h3-4,6-7,10-11,19H,5,8-9H2,1-2H3,(H,18,20). The molecule has 0 aromatic heterocycles. The van der Waals surface area contributed by atoms with E-state index in [9.17, 15) is 9.90 Å². The summed E-state index contributed by atoms with van der Waals surface area (Å²) < 4.78 is 5.56. The van der Waals surface area contributed by atoms with Crippen molar-refractivity contribution in [2.24, 2.45) is 5.92 Å². The third-order valence-corrected chi connectivity index (χ3v) is 3.57. The summed E-state index contributed by atoms with van der Waals surface area (Å²) in [4.78, 5) is 12.1. The average molecular weight is 310 g/mol. The van der Waals surface area contributed by atoms with E-state index in [-0.39, 0.29) is 24.5 Å². The molecule has 1 aliphatic heterocycles. The van der Waals surface area contributed by atoms with Gasteiger partial charge < -0.3 is 15.2 Å². The molecular weight excluding hydrogens is 290 g/mol. The molecule has 2 unspecified atom stereocenters. The molecular formula is C16H20ClNO3. The van der Waals surface area contributed by atoms with Gasteiger partial charge in [-0.05, 0) is 43.5 Å². The molecule has 1 aromatic carbocycles. The topological polar surface area (TPSA) is 58.6 Å². The second kappa shape index (κ2) is 6.96. The molecule has 1 aromatic rings. The van der Waals surface area contributed by atoms with Crippen LogP contribution in [-0.4, -0.2) is 30.3 Å². The Morgan fingerprint density at radius 1 is 1.48 bits per heavy atom. The van der Waals surface area contributed by atoms with Crippen LogP contribution in [0, 0.1) is 5.92 Å². The maximum Gasteiger partial charge on any atom is 0.250 e. The van der Waals surface area contributed by atoms with Crippen molar-refractivity contribution < 1.29 is 14.6 Å². The van der Waals surface area contributed by atoms with Crippen LogP contribution < -0.4 is 10.1 Å². The molecule has 5 heteroatoms. The summed E-state index contributed by atoms with van der Waals surface area (Å²) in [5.41, 5.74) is 1.39. The molecule has 0 saturated carbocycles. The number of carbonyl (C=O) groups is 1. The summed E-state index contributed by atoms with van der Waals surface area (Å²) in [6, 6.07) is 5.34. The van der Waals surface area contributed by atoms with E-state index in [1.165, 1.54) is 0 Å². The lowest BCUT2D eigenvalue weighted by atomic mass is 10.0. The van der Waals surface area contributed by atoms with E-state index in [0.717, 1.165) is 11.3 Å². The molecule has 114 valence electrons. The van der Waals surface area contributed by atoms with Crippen LogP contribution in [0.25, 0.3) is 6.08 Å². The molecule has 2 rings (SSSR count). The number of fused-ring (bicyclic) bond motifs is 1. The van der Waals surface area contributed by atoms with Gasteiger partial charge in [0.1, 0.15) is 12.4 Å². The van der Waals surface area contributed by atoms with Gasteiger partial charge in [-0.3, -0.25) is 4.79 Å². The van der Waals surface area contributed by atoms with Gasteiger partial charge in [-0.1, -0.05) is 18.5 Å². The second-order valence-electron chi connectivity index (χ2n) is 5.54. The van der Waals surface area contributed by atoms with Crippen molar-refractivity contribution in [3.63, 3.8) is 0 Å². The number of aliphatic hydroxyl groups is 1. The molecule has 2 atom stereocenters. The summed E-state index contributed by atoms with van der Waals surface area (Å²) in [5.74, 6) is 0.817. The Labute approximate surface area is 129 Å². The predicted molar refractivity (Wildman–Crippen MR) is 83.4 cm³/mol. The fourth-order valence-corrected chi connectivity index (χ4v) is 2.51. The molecule has 1 amide bonds. The van der Waals surface area contributed by atoms with Crippen LogP contribution in [0.15, 0.2) is 23.8 Å². The zero-order valence-corrected chi connectivity index (χ0v) is 13.0. The zero-order valence-electron chi connectivity index (χ0n) is 12.2.